The van der Waals surface area contributed by atoms with Gasteiger partial charge < -0.3 is 15.5 Å². The van der Waals surface area contributed by atoms with Crippen LogP contribution in [0.25, 0.3) is 0 Å². The van der Waals surface area contributed by atoms with Gasteiger partial charge in [-0.05, 0) is 36.3 Å². The maximum atomic E-state index is 12.2. The molecule has 1 amide bonds. The van der Waals surface area contributed by atoms with E-state index in [-0.39, 0.29) is 24.9 Å². The van der Waals surface area contributed by atoms with Crippen LogP contribution in [0.4, 0.5) is 0 Å². The Hall–Kier alpha value is -1.40. The summed E-state index contributed by atoms with van der Waals surface area (Å²) in [6, 6.07) is 0.937. The lowest BCUT2D eigenvalue weighted by Crippen LogP contribution is -2.44. The number of aliphatic hydroxyl groups is 1. The summed E-state index contributed by atoms with van der Waals surface area (Å²) in [6.45, 7) is -0.258. The molecular formula is C13H17NO4S. The molecule has 0 aromatic carbocycles. The summed E-state index contributed by atoms with van der Waals surface area (Å²) in [7, 11) is 0. The molecule has 0 bridgehead atoms. The molecule has 0 radical (unpaired) electrons. The number of carboxylic acids is 1. The zero-order chi connectivity index (χ0) is 13.8. The molecule has 5 nitrogen and oxygen atoms in total. The number of amides is 1. The molecule has 1 aliphatic carbocycles. The van der Waals surface area contributed by atoms with E-state index in [0.717, 1.165) is 24.8 Å². The predicted octanol–water partition coefficient (Wildman–Crippen LogP) is 1.12. The molecular weight excluding hydrogens is 266 g/mol. The van der Waals surface area contributed by atoms with E-state index >= 15 is 0 Å². The Kier molecular flexibility index (Phi) is 4.55. The van der Waals surface area contributed by atoms with E-state index in [0.29, 0.717) is 0 Å². The smallest absolute Gasteiger partial charge is 0.326 e. The van der Waals surface area contributed by atoms with Crippen LogP contribution in [0.2, 0.25) is 0 Å². The average Bonchev–Trinajstić information content (AvgIpc) is 2.85. The molecule has 1 aromatic heterocycles. The summed E-state index contributed by atoms with van der Waals surface area (Å²) in [4.78, 5) is 24.4. The Labute approximate surface area is 115 Å². The fraction of sp³-hybridized carbons (Fsp3) is 0.538. The number of carbonyl (C=O) groups is 2. The van der Waals surface area contributed by atoms with Gasteiger partial charge in [-0.3, -0.25) is 4.79 Å². The monoisotopic (exact) mass is 283 g/mol. The Morgan fingerprint density at radius 3 is 3.00 bits per heavy atom. The summed E-state index contributed by atoms with van der Waals surface area (Å²) in [5, 5.41) is 22.3. The zero-order valence-corrected chi connectivity index (χ0v) is 11.3. The highest BCUT2D eigenvalue weighted by molar-refractivity contribution is 7.10. The van der Waals surface area contributed by atoms with Crippen LogP contribution in [0.3, 0.4) is 0 Å². The largest absolute Gasteiger partial charge is 0.480 e. The van der Waals surface area contributed by atoms with E-state index < -0.39 is 12.0 Å². The highest BCUT2D eigenvalue weighted by Crippen LogP contribution is 2.35. The van der Waals surface area contributed by atoms with Crippen LogP contribution in [0.15, 0.2) is 11.4 Å². The number of carboxylic acid groups (broad SMARTS) is 1. The van der Waals surface area contributed by atoms with Crippen molar-refractivity contribution in [1.29, 1.82) is 0 Å². The van der Waals surface area contributed by atoms with Crippen molar-refractivity contribution in [2.75, 3.05) is 6.61 Å². The highest BCUT2D eigenvalue weighted by Gasteiger charge is 2.30. The van der Waals surface area contributed by atoms with Gasteiger partial charge in [0.1, 0.15) is 6.04 Å². The SMILES string of the molecule is O=C(N[C@H](CCO)C(=O)O)C1CCCc2sccc21. The summed E-state index contributed by atoms with van der Waals surface area (Å²) < 4.78 is 0. The molecule has 1 aromatic rings. The summed E-state index contributed by atoms with van der Waals surface area (Å²) >= 11 is 1.65. The number of hydrogen-bond donors (Lipinski definition) is 3. The quantitative estimate of drug-likeness (QED) is 0.756. The number of fused-ring (bicyclic) bond motifs is 1. The molecule has 2 atom stereocenters. The molecule has 0 spiro atoms. The highest BCUT2D eigenvalue weighted by atomic mass is 32.1. The fourth-order valence-corrected chi connectivity index (χ4v) is 3.41. The van der Waals surface area contributed by atoms with Crippen molar-refractivity contribution in [1.82, 2.24) is 5.32 Å². The minimum Gasteiger partial charge on any atom is -0.480 e. The number of nitrogens with one attached hydrogen (secondary N) is 1. The van der Waals surface area contributed by atoms with E-state index in [4.69, 9.17) is 10.2 Å². The summed E-state index contributed by atoms with van der Waals surface area (Å²) in [5.41, 5.74) is 1.03. The van der Waals surface area contributed by atoms with Gasteiger partial charge in [0, 0.05) is 17.9 Å². The van der Waals surface area contributed by atoms with E-state index in [1.807, 2.05) is 11.4 Å². The minimum atomic E-state index is -1.11. The van der Waals surface area contributed by atoms with Crippen LogP contribution in [-0.4, -0.2) is 34.7 Å². The Balaban J connectivity index is 2.07. The topological polar surface area (TPSA) is 86.6 Å². The molecule has 2 rings (SSSR count). The first-order valence-corrected chi connectivity index (χ1v) is 7.21. The average molecular weight is 283 g/mol. The molecule has 6 heteroatoms. The van der Waals surface area contributed by atoms with Crippen LogP contribution in [0.1, 0.15) is 35.6 Å². The third-order valence-electron chi connectivity index (χ3n) is 3.40. The van der Waals surface area contributed by atoms with Gasteiger partial charge in [0.05, 0.1) is 5.92 Å². The molecule has 1 unspecified atom stereocenters. The van der Waals surface area contributed by atoms with Crippen LogP contribution in [-0.2, 0) is 16.0 Å². The van der Waals surface area contributed by atoms with Crippen LogP contribution in [0, 0.1) is 0 Å². The third-order valence-corrected chi connectivity index (χ3v) is 4.40. The van der Waals surface area contributed by atoms with E-state index in [1.165, 1.54) is 4.88 Å². The van der Waals surface area contributed by atoms with Gasteiger partial charge in [0.25, 0.3) is 0 Å². The van der Waals surface area contributed by atoms with E-state index in [1.54, 1.807) is 11.3 Å². The first-order valence-electron chi connectivity index (χ1n) is 6.33. The van der Waals surface area contributed by atoms with Crippen LogP contribution >= 0.6 is 11.3 Å². The van der Waals surface area contributed by atoms with Crippen LogP contribution in [0.5, 0.6) is 0 Å². The lowest BCUT2D eigenvalue weighted by molar-refractivity contribution is -0.142. The van der Waals surface area contributed by atoms with Gasteiger partial charge in [-0.25, -0.2) is 4.79 Å². The number of rotatable bonds is 5. The van der Waals surface area contributed by atoms with Gasteiger partial charge >= 0.3 is 5.97 Å². The number of carbonyl (C=O) groups excluding carboxylic acids is 1. The number of aliphatic carboxylic acids is 1. The molecule has 1 heterocycles. The van der Waals surface area contributed by atoms with Gasteiger partial charge in [-0.2, -0.15) is 0 Å². The van der Waals surface area contributed by atoms with Crippen molar-refractivity contribution >= 4 is 23.2 Å². The lowest BCUT2D eigenvalue weighted by atomic mass is 9.87. The van der Waals surface area contributed by atoms with Crippen molar-refractivity contribution in [2.45, 2.75) is 37.6 Å². The van der Waals surface area contributed by atoms with Crippen molar-refractivity contribution in [2.24, 2.45) is 0 Å². The van der Waals surface area contributed by atoms with Crippen molar-refractivity contribution in [3.63, 3.8) is 0 Å². The number of aryl methyl sites for hydroxylation is 1. The van der Waals surface area contributed by atoms with Crippen molar-refractivity contribution in [3.05, 3.63) is 21.9 Å². The molecule has 0 saturated carbocycles. The van der Waals surface area contributed by atoms with Crippen molar-refractivity contribution in [3.8, 4) is 0 Å². The third kappa shape index (κ3) is 3.13. The maximum Gasteiger partial charge on any atom is 0.326 e. The first-order chi connectivity index (χ1) is 9.13. The molecule has 0 saturated heterocycles. The Morgan fingerprint density at radius 2 is 2.32 bits per heavy atom. The van der Waals surface area contributed by atoms with Gasteiger partial charge in [0.15, 0.2) is 0 Å². The van der Waals surface area contributed by atoms with Gasteiger partial charge in [0.2, 0.25) is 5.91 Å². The minimum absolute atomic E-state index is 0.0320. The second-order valence-electron chi connectivity index (χ2n) is 4.66. The number of thiophene rings is 1. The molecule has 19 heavy (non-hydrogen) atoms. The normalized spacial score (nSPS) is 19.5. The Bertz CT molecular complexity index is 471. The van der Waals surface area contributed by atoms with Gasteiger partial charge in [-0.15, -0.1) is 11.3 Å². The Morgan fingerprint density at radius 1 is 1.53 bits per heavy atom. The van der Waals surface area contributed by atoms with E-state index in [9.17, 15) is 9.59 Å². The zero-order valence-electron chi connectivity index (χ0n) is 10.5. The maximum absolute atomic E-state index is 12.2. The van der Waals surface area contributed by atoms with Crippen molar-refractivity contribution < 1.29 is 19.8 Å². The lowest BCUT2D eigenvalue weighted by Gasteiger charge is -2.23. The van der Waals surface area contributed by atoms with E-state index in [2.05, 4.69) is 5.32 Å². The molecule has 1 aliphatic rings. The molecule has 0 aliphatic heterocycles. The standard InChI is InChI=1S/C13H17NO4S/c15-6-4-10(13(17)18)14-12(16)9-2-1-3-11-8(9)5-7-19-11/h5,7,9-10,15H,1-4,6H2,(H,14,16)(H,17,18)/t9?,10-/m1/s1. The second-order valence-corrected chi connectivity index (χ2v) is 5.66. The molecule has 3 N–H and O–H groups in total. The fourth-order valence-electron chi connectivity index (χ4n) is 2.42. The molecule has 104 valence electrons. The summed E-state index contributed by atoms with van der Waals surface area (Å²) in [6.07, 6.45) is 2.73. The van der Waals surface area contributed by atoms with Gasteiger partial charge in [-0.1, -0.05) is 0 Å². The first kappa shape index (κ1) is 14.0. The predicted molar refractivity (Wildman–Crippen MR) is 71.3 cm³/mol. The summed E-state index contributed by atoms with van der Waals surface area (Å²) in [5.74, 6) is -1.61. The number of hydrogen-bond acceptors (Lipinski definition) is 4. The molecule has 0 fully saturated rings. The second kappa shape index (κ2) is 6.16. The van der Waals surface area contributed by atoms with Crippen LogP contribution < -0.4 is 5.32 Å². The number of aliphatic hydroxyl groups excluding tert-OH is 1.